The fourth-order valence-corrected chi connectivity index (χ4v) is 2.86. The van der Waals surface area contributed by atoms with Gasteiger partial charge in [-0.2, -0.15) is 0 Å². The number of hydrogen-bond acceptors (Lipinski definition) is 7. The van der Waals surface area contributed by atoms with Crippen molar-refractivity contribution in [2.45, 2.75) is 10.1 Å². The number of anilines is 1. The fraction of sp³-hybridized carbons (Fsp3) is 0. The Kier molecular flexibility index (Phi) is 3.42. The van der Waals surface area contributed by atoms with E-state index in [1.807, 2.05) is 18.2 Å². The first-order valence-electron chi connectivity index (χ1n) is 5.92. The first kappa shape index (κ1) is 13.3. The number of hydrazine groups is 1. The smallest absolute Gasteiger partial charge is 0.307 e. The number of nitro benzene ring substituents is 1. The SMILES string of the molecule is NNc1cccc(Sc2nnc3ccccn23)c1[N+](=O)[O-]. The Labute approximate surface area is 123 Å². The van der Waals surface area contributed by atoms with E-state index in [4.69, 9.17) is 5.84 Å². The van der Waals surface area contributed by atoms with Crippen molar-refractivity contribution in [1.29, 1.82) is 0 Å². The number of para-hydroxylation sites is 1. The topological polar surface area (TPSA) is 111 Å². The minimum atomic E-state index is -0.471. The van der Waals surface area contributed by atoms with Gasteiger partial charge < -0.3 is 5.43 Å². The molecule has 1 aromatic carbocycles. The number of fused-ring (bicyclic) bond motifs is 1. The van der Waals surface area contributed by atoms with Gasteiger partial charge in [-0.05, 0) is 36.0 Å². The summed E-state index contributed by atoms with van der Waals surface area (Å²) in [7, 11) is 0. The predicted octanol–water partition coefficient (Wildman–Crippen LogP) is 2.07. The monoisotopic (exact) mass is 302 g/mol. The zero-order valence-corrected chi connectivity index (χ0v) is 11.4. The van der Waals surface area contributed by atoms with Crippen LogP contribution in [0, 0.1) is 10.1 Å². The molecule has 0 saturated heterocycles. The molecule has 9 heteroatoms. The van der Waals surface area contributed by atoms with Crippen LogP contribution >= 0.6 is 11.8 Å². The molecule has 3 rings (SSSR count). The quantitative estimate of drug-likeness (QED) is 0.431. The van der Waals surface area contributed by atoms with Crippen LogP contribution in [0.15, 0.2) is 52.6 Å². The van der Waals surface area contributed by atoms with Gasteiger partial charge >= 0.3 is 5.69 Å². The molecule has 2 heterocycles. The lowest BCUT2D eigenvalue weighted by Gasteiger charge is -2.06. The van der Waals surface area contributed by atoms with E-state index in [0.717, 1.165) is 11.8 Å². The predicted molar refractivity (Wildman–Crippen MR) is 78.0 cm³/mol. The molecule has 0 amide bonds. The highest BCUT2D eigenvalue weighted by Crippen LogP contribution is 2.38. The maximum atomic E-state index is 11.2. The van der Waals surface area contributed by atoms with Gasteiger partial charge in [-0.1, -0.05) is 12.1 Å². The number of nitrogens with one attached hydrogen (secondary N) is 1. The summed E-state index contributed by atoms with van der Waals surface area (Å²) in [5.74, 6) is 5.32. The molecule has 8 nitrogen and oxygen atoms in total. The van der Waals surface area contributed by atoms with Gasteiger partial charge in [-0.3, -0.25) is 20.4 Å². The van der Waals surface area contributed by atoms with Crippen LogP contribution in [0.4, 0.5) is 11.4 Å². The van der Waals surface area contributed by atoms with Gasteiger partial charge in [-0.25, -0.2) is 0 Å². The number of nitro groups is 1. The van der Waals surface area contributed by atoms with E-state index in [1.54, 1.807) is 28.8 Å². The summed E-state index contributed by atoms with van der Waals surface area (Å²) in [6.07, 6.45) is 1.80. The zero-order valence-electron chi connectivity index (χ0n) is 10.6. The first-order valence-corrected chi connectivity index (χ1v) is 6.74. The number of nitrogens with two attached hydrogens (primary N) is 1. The number of benzene rings is 1. The fourth-order valence-electron chi connectivity index (χ4n) is 1.90. The van der Waals surface area contributed by atoms with E-state index < -0.39 is 4.92 Å². The maximum Gasteiger partial charge on any atom is 0.307 e. The highest BCUT2D eigenvalue weighted by molar-refractivity contribution is 7.99. The van der Waals surface area contributed by atoms with E-state index in [1.165, 1.54) is 0 Å². The Hall–Kier alpha value is -2.65. The van der Waals surface area contributed by atoms with Crippen LogP contribution < -0.4 is 11.3 Å². The van der Waals surface area contributed by atoms with Crippen molar-refractivity contribution in [2.24, 2.45) is 5.84 Å². The summed E-state index contributed by atoms with van der Waals surface area (Å²) in [6, 6.07) is 10.4. The molecule has 0 aliphatic rings. The van der Waals surface area contributed by atoms with Gasteiger partial charge in [0.25, 0.3) is 0 Å². The van der Waals surface area contributed by atoms with Gasteiger partial charge in [0.15, 0.2) is 5.65 Å². The summed E-state index contributed by atoms with van der Waals surface area (Å²) in [5, 5.41) is 19.9. The van der Waals surface area contributed by atoms with Crippen molar-refractivity contribution >= 4 is 28.8 Å². The normalized spacial score (nSPS) is 10.7. The molecule has 0 spiro atoms. The number of pyridine rings is 1. The molecule has 21 heavy (non-hydrogen) atoms. The van der Waals surface area contributed by atoms with Crippen molar-refractivity contribution in [2.75, 3.05) is 5.43 Å². The van der Waals surface area contributed by atoms with E-state index in [9.17, 15) is 10.1 Å². The molecule has 0 aliphatic carbocycles. The minimum Gasteiger partial charge on any atom is -0.318 e. The van der Waals surface area contributed by atoms with Crippen LogP contribution in [0.3, 0.4) is 0 Å². The molecule has 0 fully saturated rings. The first-order chi connectivity index (χ1) is 10.2. The Morgan fingerprint density at radius 3 is 2.86 bits per heavy atom. The number of nitrogens with zero attached hydrogens (tertiary/aromatic N) is 4. The van der Waals surface area contributed by atoms with Gasteiger partial charge in [0.05, 0.1) is 9.82 Å². The molecule has 2 aromatic heterocycles. The van der Waals surface area contributed by atoms with Crippen LogP contribution in [0.25, 0.3) is 5.65 Å². The summed E-state index contributed by atoms with van der Waals surface area (Å²) in [5.41, 5.74) is 3.18. The Morgan fingerprint density at radius 2 is 2.10 bits per heavy atom. The molecule has 0 unspecified atom stereocenters. The van der Waals surface area contributed by atoms with E-state index in [0.29, 0.717) is 15.7 Å². The summed E-state index contributed by atoms with van der Waals surface area (Å²) in [6.45, 7) is 0. The van der Waals surface area contributed by atoms with Gasteiger partial charge in [0.1, 0.15) is 5.69 Å². The van der Waals surface area contributed by atoms with Crippen LogP contribution in [0.2, 0.25) is 0 Å². The largest absolute Gasteiger partial charge is 0.318 e. The molecule has 0 saturated carbocycles. The molecule has 0 aliphatic heterocycles. The molecular weight excluding hydrogens is 292 g/mol. The van der Waals surface area contributed by atoms with Crippen molar-refractivity contribution in [3.05, 3.63) is 52.7 Å². The molecule has 106 valence electrons. The third-order valence-corrected chi connectivity index (χ3v) is 3.83. The second-order valence-electron chi connectivity index (χ2n) is 4.07. The van der Waals surface area contributed by atoms with Crippen LogP contribution in [0.1, 0.15) is 0 Å². The average molecular weight is 302 g/mol. The molecule has 3 aromatic rings. The lowest BCUT2D eigenvalue weighted by Crippen LogP contribution is -2.09. The maximum absolute atomic E-state index is 11.2. The third-order valence-electron chi connectivity index (χ3n) is 2.82. The highest BCUT2D eigenvalue weighted by atomic mass is 32.2. The Balaban J connectivity index is 2.08. The Morgan fingerprint density at radius 1 is 1.24 bits per heavy atom. The summed E-state index contributed by atoms with van der Waals surface area (Å²) >= 11 is 1.16. The van der Waals surface area contributed by atoms with Gasteiger partial charge in [0, 0.05) is 6.20 Å². The van der Waals surface area contributed by atoms with Crippen molar-refractivity contribution in [3.8, 4) is 0 Å². The third kappa shape index (κ3) is 2.39. The average Bonchev–Trinajstić information content (AvgIpc) is 2.90. The summed E-state index contributed by atoms with van der Waals surface area (Å²) in [4.78, 5) is 11.2. The molecule has 0 bridgehead atoms. The molecule has 3 N–H and O–H groups in total. The van der Waals surface area contributed by atoms with Crippen LogP contribution in [-0.4, -0.2) is 19.5 Å². The number of aromatic nitrogens is 3. The van der Waals surface area contributed by atoms with Crippen LogP contribution in [-0.2, 0) is 0 Å². The van der Waals surface area contributed by atoms with Gasteiger partial charge in [0.2, 0.25) is 5.16 Å². The van der Waals surface area contributed by atoms with Gasteiger partial charge in [-0.15, -0.1) is 10.2 Å². The van der Waals surface area contributed by atoms with Crippen LogP contribution in [0.5, 0.6) is 0 Å². The van der Waals surface area contributed by atoms with E-state index in [-0.39, 0.29) is 11.4 Å². The Bertz CT molecular complexity index is 818. The zero-order chi connectivity index (χ0) is 14.8. The lowest BCUT2D eigenvalue weighted by atomic mass is 10.3. The van der Waals surface area contributed by atoms with Crippen molar-refractivity contribution in [3.63, 3.8) is 0 Å². The highest BCUT2D eigenvalue weighted by Gasteiger charge is 2.21. The number of hydrogen-bond donors (Lipinski definition) is 2. The van der Waals surface area contributed by atoms with E-state index in [2.05, 4.69) is 15.6 Å². The standard InChI is InChI=1S/C12H10N6O2S/c13-14-8-4-3-5-9(11(8)18(19)20)21-12-16-15-10-6-1-2-7-17(10)12/h1-7,14H,13H2. The summed E-state index contributed by atoms with van der Waals surface area (Å²) < 4.78 is 1.76. The second-order valence-corrected chi connectivity index (χ2v) is 5.08. The van der Waals surface area contributed by atoms with Crippen molar-refractivity contribution < 1.29 is 4.92 Å². The number of rotatable bonds is 4. The molecular formula is C12H10N6O2S. The lowest BCUT2D eigenvalue weighted by molar-refractivity contribution is -0.386. The molecule has 0 radical (unpaired) electrons. The second kappa shape index (κ2) is 5.38. The number of nitrogen functional groups attached to an aromatic ring is 1. The minimum absolute atomic E-state index is 0.0855. The van der Waals surface area contributed by atoms with Crippen molar-refractivity contribution in [1.82, 2.24) is 14.6 Å². The molecule has 0 atom stereocenters. The van der Waals surface area contributed by atoms with E-state index >= 15 is 0 Å².